The lowest BCUT2D eigenvalue weighted by Crippen LogP contribution is -2.48. The number of hydrogen-bond acceptors (Lipinski definition) is 6. The highest BCUT2D eigenvalue weighted by atomic mass is 32.2. The highest BCUT2D eigenvalue weighted by Gasteiger charge is 2.23. The summed E-state index contributed by atoms with van der Waals surface area (Å²) in [6.07, 6.45) is 5.65. The molecule has 2 aliphatic rings. The normalized spacial score (nSPS) is 18.9. The Kier molecular flexibility index (Phi) is 5.07. The molecule has 1 saturated heterocycles. The van der Waals surface area contributed by atoms with Gasteiger partial charge < -0.3 is 4.90 Å². The van der Waals surface area contributed by atoms with Crippen LogP contribution in [0, 0.1) is 11.3 Å². The molecule has 1 aromatic rings. The summed E-state index contributed by atoms with van der Waals surface area (Å²) >= 11 is 0. The minimum absolute atomic E-state index is 0.202. The van der Waals surface area contributed by atoms with Gasteiger partial charge in [0.15, 0.2) is 0 Å². The first kappa shape index (κ1) is 17.2. The first-order chi connectivity index (χ1) is 11.5. The van der Waals surface area contributed by atoms with Crippen molar-refractivity contribution in [3.05, 3.63) is 22.9 Å². The maximum Gasteiger partial charge on any atom is 0.148 e. The summed E-state index contributed by atoms with van der Waals surface area (Å²) in [6, 6.07) is 4.32. The second-order valence-electron chi connectivity index (χ2n) is 6.74. The molecular weight excluding hydrogens is 324 g/mol. The third-order valence-corrected chi connectivity index (χ3v) is 5.78. The largest absolute Gasteiger partial charge is 0.353 e. The number of sulfone groups is 1. The van der Waals surface area contributed by atoms with E-state index in [2.05, 4.69) is 15.9 Å². The molecule has 3 rings (SSSR count). The molecule has 0 atom stereocenters. The van der Waals surface area contributed by atoms with E-state index in [0.29, 0.717) is 12.1 Å². The summed E-state index contributed by atoms with van der Waals surface area (Å²) in [5.74, 6) is 1.01. The van der Waals surface area contributed by atoms with E-state index in [1.165, 1.54) is 24.7 Å². The molecule has 1 aliphatic heterocycles. The third kappa shape index (κ3) is 4.05. The van der Waals surface area contributed by atoms with Crippen molar-refractivity contribution >= 4 is 15.7 Å². The molecule has 1 aliphatic carbocycles. The zero-order valence-corrected chi connectivity index (χ0v) is 15.0. The standard InChI is InChI=1S/C17H24N4O2S/c1-24(22,23)11-10-20-6-8-21(9-7-20)17-15(13-18)12-14-4-2-3-5-16(14)19-17/h12H,2-11H2,1H3. The fraction of sp³-hybridized carbons (Fsp3) is 0.647. The maximum atomic E-state index is 11.3. The van der Waals surface area contributed by atoms with E-state index in [1.54, 1.807) is 0 Å². The van der Waals surface area contributed by atoms with Crippen LogP contribution in [-0.2, 0) is 22.7 Å². The van der Waals surface area contributed by atoms with E-state index >= 15 is 0 Å². The summed E-state index contributed by atoms with van der Waals surface area (Å²) in [5, 5.41) is 9.48. The van der Waals surface area contributed by atoms with Crippen LogP contribution in [0.25, 0.3) is 0 Å². The van der Waals surface area contributed by atoms with Gasteiger partial charge in [0, 0.05) is 44.7 Å². The van der Waals surface area contributed by atoms with Crippen molar-refractivity contribution in [1.82, 2.24) is 9.88 Å². The van der Waals surface area contributed by atoms with Crippen LogP contribution < -0.4 is 4.90 Å². The Bertz CT molecular complexity index is 747. The molecule has 0 saturated carbocycles. The number of anilines is 1. The number of aryl methyl sites for hydroxylation is 2. The van der Waals surface area contributed by atoms with Gasteiger partial charge in [0.1, 0.15) is 21.7 Å². The van der Waals surface area contributed by atoms with Crippen LogP contribution in [0.2, 0.25) is 0 Å². The fourth-order valence-electron chi connectivity index (χ4n) is 3.42. The number of pyridine rings is 1. The van der Waals surface area contributed by atoms with Crippen LogP contribution in [0.4, 0.5) is 5.82 Å². The smallest absolute Gasteiger partial charge is 0.148 e. The molecule has 6 nitrogen and oxygen atoms in total. The van der Waals surface area contributed by atoms with Crippen molar-refractivity contribution < 1.29 is 8.42 Å². The highest BCUT2D eigenvalue weighted by Crippen LogP contribution is 2.27. The average Bonchev–Trinajstić information content (AvgIpc) is 2.58. The van der Waals surface area contributed by atoms with Crippen LogP contribution in [0.5, 0.6) is 0 Å². The van der Waals surface area contributed by atoms with E-state index in [1.807, 2.05) is 6.07 Å². The number of piperazine rings is 1. The molecule has 0 unspecified atom stereocenters. The molecule has 0 radical (unpaired) electrons. The summed E-state index contributed by atoms with van der Waals surface area (Å²) in [6.45, 7) is 3.75. The monoisotopic (exact) mass is 348 g/mol. The van der Waals surface area contributed by atoms with Gasteiger partial charge in [0.2, 0.25) is 0 Å². The molecule has 0 amide bonds. The molecule has 1 fully saturated rings. The molecular formula is C17H24N4O2S. The molecule has 2 heterocycles. The summed E-state index contributed by atoms with van der Waals surface area (Å²) in [5.41, 5.74) is 3.04. The van der Waals surface area contributed by atoms with Crippen LogP contribution in [0.15, 0.2) is 6.07 Å². The molecule has 130 valence electrons. The van der Waals surface area contributed by atoms with E-state index < -0.39 is 9.84 Å². The van der Waals surface area contributed by atoms with E-state index in [-0.39, 0.29) is 5.75 Å². The topological polar surface area (TPSA) is 77.3 Å². The molecule has 0 bridgehead atoms. The van der Waals surface area contributed by atoms with Gasteiger partial charge >= 0.3 is 0 Å². The number of nitriles is 1. The van der Waals surface area contributed by atoms with Crippen LogP contribution in [0.1, 0.15) is 29.7 Å². The van der Waals surface area contributed by atoms with Crippen LogP contribution in [-0.4, -0.2) is 63.0 Å². The van der Waals surface area contributed by atoms with E-state index in [4.69, 9.17) is 4.98 Å². The Hall–Kier alpha value is -1.65. The Morgan fingerprint density at radius 2 is 1.92 bits per heavy atom. The molecule has 7 heteroatoms. The Morgan fingerprint density at radius 3 is 2.58 bits per heavy atom. The minimum Gasteiger partial charge on any atom is -0.353 e. The van der Waals surface area contributed by atoms with Crippen LogP contribution >= 0.6 is 0 Å². The Balaban J connectivity index is 1.69. The SMILES string of the molecule is CS(=O)(=O)CCN1CCN(c2nc3c(cc2C#N)CCCC3)CC1. The highest BCUT2D eigenvalue weighted by molar-refractivity contribution is 7.90. The van der Waals surface area contributed by atoms with Gasteiger partial charge in [-0.05, 0) is 37.3 Å². The van der Waals surface area contributed by atoms with Crippen molar-refractivity contribution in [3.8, 4) is 6.07 Å². The Morgan fingerprint density at radius 1 is 1.21 bits per heavy atom. The van der Waals surface area contributed by atoms with Crippen LogP contribution in [0.3, 0.4) is 0 Å². The molecule has 1 aromatic heterocycles. The lowest BCUT2D eigenvalue weighted by Gasteiger charge is -2.36. The van der Waals surface area contributed by atoms with E-state index in [9.17, 15) is 13.7 Å². The zero-order valence-electron chi connectivity index (χ0n) is 14.2. The van der Waals surface area contributed by atoms with Crippen molar-refractivity contribution in [2.24, 2.45) is 0 Å². The van der Waals surface area contributed by atoms with Crippen molar-refractivity contribution in [3.63, 3.8) is 0 Å². The summed E-state index contributed by atoms with van der Waals surface area (Å²) < 4.78 is 22.6. The number of rotatable bonds is 4. The first-order valence-electron chi connectivity index (χ1n) is 8.54. The number of hydrogen-bond donors (Lipinski definition) is 0. The minimum atomic E-state index is -2.92. The molecule has 24 heavy (non-hydrogen) atoms. The number of nitrogens with zero attached hydrogens (tertiary/aromatic N) is 4. The lowest BCUT2D eigenvalue weighted by atomic mass is 9.95. The second-order valence-corrected chi connectivity index (χ2v) is 9.00. The van der Waals surface area contributed by atoms with Gasteiger partial charge in [-0.1, -0.05) is 0 Å². The number of fused-ring (bicyclic) bond motifs is 1. The lowest BCUT2D eigenvalue weighted by molar-refractivity contribution is 0.271. The molecule has 0 N–H and O–H groups in total. The molecule has 0 aromatic carbocycles. The maximum absolute atomic E-state index is 11.3. The predicted molar refractivity (Wildman–Crippen MR) is 94.0 cm³/mol. The second kappa shape index (κ2) is 7.08. The first-order valence-corrected chi connectivity index (χ1v) is 10.6. The Labute approximate surface area is 144 Å². The fourth-order valence-corrected chi connectivity index (χ4v) is 4.01. The number of aromatic nitrogens is 1. The van der Waals surface area contributed by atoms with Crippen molar-refractivity contribution in [1.29, 1.82) is 5.26 Å². The van der Waals surface area contributed by atoms with Gasteiger partial charge in [-0.25, -0.2) is 13.4 Å². The predicted octanol–water partition coefficient (Wildman–Crippen LogP) is 0.999. The van der Waals surface area contributed by atoms with Gasteiger partial charge in [-0.3, -0.25) is 4.90 Å². The van der Waals surface area contributed by atoms with Crippen molar-refractivity contribution in [2.45, 2.75) is 25.7 Å². The van der Waals surface area contributed by atoms with Gasteiger partial charge in [-0.2, -0.15) is 5.26 Å². The summed E-state index contributed by atoms with van der Waals surface area (Å²) in [7, 11) is -2.92. The van der Waals surface area contributed by atoms with Gasteiger partial charge in [0.05, 0.1) is 11.3 Å². The molecule has 0 spiro atoms. The third-order valence-electron chi connectivity index (χ3n) is 4.85. The zero-order chi connectivity index (χ0) is 17.2. The summed E-state index contributed by atoms with van der Waals surface area (Å²) in [4.78, 5) is 9.15. The van der Waals surface area contributed by atoms with Crippen molar-refractivity contribution in [2.75, 3.05) is 49.6 Å². The quantitative estimate of drug-likeness (QED) is 0.808. The van der Waals surface area contributed by atoms with Gasteiger partial charge in [0.25, 0.3) is 0 Å². The van der Waals surface area contributed by atoms with E-state index in [0.717, 1.165) is 50.5 Å². The van der Waals surface area contributed by atoms with Gasteiger partial charge in [-0.15, -0.1) is 0 Å². The average molecular weight is 348 g/mol.